The first-order valence-electron chi connectivity index (χ1n) is 9.27. The maximum atomic E-state index is 11.7. The number of hydrogen-bond donors (Lipinski definition) is 1. The summed E-state index contributed by atoms with van der Waals surface area (Å²) in [7, 11) is 0. The van der Waals surface area contributed by atoms with Gasteiger partial charge >= 0.3 is 0 Å². The number of likely N-dealkylation sites (tertiary alicyclic amines) is 1. The van der Waals surface area contributed by atoms with E-state index in [0.29, 0.717) is 5.92 Å². The van der Waals surface area contributed by atoms with Crippen LogP contribution in [0, 0.1) is 5.92 Å². The Hall–Kier alpha value is -1.77. The molecule has 3 rings (SSSR count). The van der Waals surface area contributed by atoms with E-state index >= 15 is 0 Å². The normalized spacial score (nSPS) is 16.4. The largest absolute Gasteiger partial charge is 0.339 e. The van der Waals surface area contributed by atoms with Crippen LogP contribution in [0.1, 0.15) is 42.9 Å². The van der Waals surface area contributed by atoms with Crippen LogP contribution in [0.5, 0.6) is 0 Å². The van der Waals surface area contributed by atoms with Crippen LogP contribution >= 0.6 is 22.9 Å². The van der Waals surface area contributed by atoms with Gasteiger partial charge in [0.05, 0.1) is 5.02 Å². The number of thiophene rings is 1. The van der Waals surface area contributed by atoms with E-state index in [4.69, 9.17) is 11.6 Å². The predicted molar refractivity (Wildman–Crippen MR) is 107 cm³/mol. The van der Waals surface area contributed by atoms with Gasteiger partial charge in [-0.1, -0.05) is 25.1 Å². The number of carbonyl (C=O) groups excluding carboxylic acids is 1. The third kappa shape index (κ3) is 4.94. The van der Waals surface area contributed by atoms with Crippen LogP contribution in [-0.2, 0) is 11.3 Å². The van der Waals surface area contributed by atoms with Crippen molar-refractivity contribution in [2.45, 2.75) is 38.8 Å². The third-order valence-electron chi connectivity index (χ3n) is 4.84. The first-order valence-corrected chi connectivity index (χ1v) is 10.5. The zero-order valence-electron chi connectivity index (χ0n) is 15.5. The van der Waals surface area contributed by atoms with Crippen LogP contribution in [0.25, 0.3) is 0 Å². The van der Waals surface area contributed by atoms with E-state index in [0.717, 1.165) is 61.2 Å². The van der Waals surface area contributed by atoms with Crippen molar-refractivity contribution in [3.8, 4) is 0 Å². The molecule has 0 saturated carbocycles. The molecule has 9 heteroatoms. The van der Waals surface area contributed by atoms with Crippen molar-refractivity contribution < 1.29 is 4.79 Å². The maximum absolute atomic E-state index is 11.7. The molecule has 0 spiro atoms. The minimum Gasteiger partial charge on any atom is -0.339 e. The van der Waals surface area contributed by atoms with Crippen molar-refractivity contribution in [2.24, 2.45) is 5.92 Å². The van der Waals surface area contributed by atoms with Crippen LogP contribution < -0.4 is 5.32 Å². The summed E-state index contributed by atoms with van der Waals surface area (Å²) in [4.78, 5) is 14.7. The van der Waals surface area contributed by atoms with Crippen LogP contribution in [0.3, 0.4) is 0 Å². The van der Waals surface area contributed by atoms with Gasteiger partial charge in [-0.15, -0.1) is 16.4 Å². The van der Waals surface area contributed by atoms with Crippen LogP contribution in [0.2, 0.25) is 5.02 Å². The van der Waals surface area contributed by atoms with Crippen LogP contribution in [-0.4, -0.2) is 50.6 Å². The fourth-order valence-corrected chi connectivity index (χ4v) is 4.51. The molecule has 27 heavy (non-hydrogen) atoms. The second-order valence-electron chi connectivity index (χ2n) is 6.74. The first kappa shape index (κ1) is 20.0. The molecule has 2 aromatic heterocycles. The van der Waals surface area contributed by atoms with E-state index in [1.807, 2.05) is 21.0 Å². The van der Waals surface area contributed by atoms with E-state index in [1.54, 1.807) is 11.3 Å². The quantitative estimate of drug-likeness (QED) is 0.679. The minimum atomic E-state index is -0.0862. The number of aromatic nitrogens is 4. The number of amides is 1. The van der Waals surface area contributed by atoms with Gasteiger partial charge in [-0.05, 0) is 54.3 Å². The van der Waals surface area contributed by atoms with Crippen molar-refractivity contribution in [3.05, 3.63) is 39.8 Å². The predicted octanol–water partition coefficient (Wildman–Crippen LogP) is 2.90. The summed E-state index contributed by atoms with van der Waals surface area (Å²) in [5.74, 6) is 1.34. The number of rotatable bonds is 8. The summed E-state index contributed by atoms with van der Waals surface area (Å²) in [6.45, 7) is 8.85. The topological polar surface area (TPSA) is 75.9 Å². The molecule has 0 aliphatic carbocycles. The lowest BCUT2D eigenvalue weighted by atomic mass is 9.96. The molecule has 1 amide bonds. The van der Waals surface area contributed by atoms with Gasteiger partial charge in [0, 0.05) is 29.9 Å². The second kappa shape index (κ2) is 9.43. The fourth-order valence-electron chi connectivity index (χ4n) is 3.36. The summed E-state index contributed by atoms with van der Waals surface area (Å²) >= 11 is 7.76. The SMILES string of the molecule is C=CC(=O)N1CCC(CNC(c2cc(Cl)cs2)c2nnnn2CCC)CC1. The molecule has 1 N–H and O–H groups in total. The Labute approximate surface area is 168 Å². The lowest BCUT2D eigenvalue weighted by Crippen LogP contribution is -2.40. The maximum Gasteiger partial charge on any atom is 0.245 e. The average molecular weight is 409 g/mol. The van der Waals surface area contributed by atoms with Crippen molar-refractivity contribution >= 4 is 28.8 Å². The Kier molecular flexibility index (Phi) is 6.98. The van der Waals surface area contributed by atoms with Crippen molar-refractivity contribution in [2.75, 3.05) is 19.6 Å². The number of halogens is 1. The van der Waals surface area contributed by atoms with E-state index in [-0.39, 0.29) is 11.9 Å². The summed E-state index contributed by atoms with van der Waals surface area (Å²) in [6, 6.07) is 1.89. The Bertz CT molecular complexity index is 767. The second-order valence-corrected chi connectivity index (χ2v) is 8.12. The van der Waals surface area contributed by atoms with Gasteiger partial charge in [0.2, 0.25) is 5.91 Å². The smallest absolute Gasteiger partial charge is 0.245 e. The van der Waals surface area contributed by atoms with E-state index < -0.39 is 0 Å². The fraction of sp³-hybridized carbons (Fsp3) is 0.556. The van der Waals surface area contributed by atoms with Crippen molar-refractivity contribution in [1.29, 1.82) is 0 Å². The molecule has 1 atom stereocenters. The Morgan fingerprint density at radius 3 is 2.93 bits per heavy atom. The monoisotopic (exact) mass is 408 g/mol. The van der Waals surface area contributed by atoms with E-state index in [9.17, 15) is 4.79 Å². The summed E-state index contributed by atoms with van der Waals surface area (Å²) in [5.41, 5.74) is 0. The number of tetrazole rings is 1. The molecule has 1 aliphatic rings. The molecule has 146 valence electrons. The minimum absolute atomic E-state index is 0.0197. The highest BCUT2D eigenvalue weighted by atomic mass is 35.5. The molecule has 0 bridgehead atoms. The standard InChI is InChI=1S/C18H25ClN6OS/c1-3-7-25-18(21-22-23-25)17(15-10-14(19)12-27-15)20-11-13-5-8-24(9-6-13)16(26)4-2/h4,10,12-13,17,20H,2-3,5-9,11H2,1H3. The van der Waals surface area contributed by atoms with Gasteiger partial charge in [0.1, 0.15) is 6.04 Å². The number of carbonyl (C=O) groups is 1. The number of piperidine rings is 1. The van der Waals surface area contributed by atoms with Gasteiger partial charge in [-0.3, -0.25) is 4.79 Å². The molecular weight excluding hydrogens is 384 g/mol. The molecular formula is C18H25ClN6OS. The lowest BCUT2D eigenvalue weighted by molar-refractivity contribution is -0.127. The van der Waals surface area contributed by atoms with Gasteiger partial charge in [0.15, 0.2) is 5.82 Å². The molecule has 0 aromatic carbocycles. The lowest BCUT2D eigenvalue weighted by Gasteiger charge is -2.32. The van der Waals surface area contributed by atoms with Gasteiger partial charge in [-0.2, -0.15) is 0 Å². The summed E-state index contributed by atoms with van der Waals surface area (Å²) < 4.78 is 1.86. The Morgan fingerprint density at radius 1 is 1.52 bits per heavy atom. The van der Waals surface area contributed by atoms with E-state index in [2.05, 4.69) is 34.3 Å². The highest BCUT2D eigenvalue weighted by Gasteiger charge is 2.26. The molecule has 1 saturated heterocycles. The molecule has 1 unspecified atom stereocenters. The van der Waals surface area contributed by atoms with Crippen molar-refractivity contribution in [3.63, 3.8) is 0 Å². The molecule has 3 heterocycles. The van der Waals surface area contributed by atoms with Gasteiger partial charge in [0.25, 0.3) is 0 Å². The van der Waals surface area contributed by atoms with E-state index in [1.165, 1.54) is 6.08 Å². The van der Waals surface area contributed by atoms with Crippen molar-refractivity contribution in [1.82, 2.24) is 30.4 Å². The highest BCUT2D eigenvalue weighted by molar-refractivity contribution is 7.10. The number of nitrogens with zero attached hydrogens (tertiary/aromatic N) is 5. The molecule has 1 fully saturated rings. The number of hydrogen-bond acceptors (Lipinski definition) is 6. The molecule has 2 aromatic rings. The third-order valence-corrected chi connectivity index (χ3v) is 6.18. The van der Waals surface area contributed by atoms with Gasteiger partial charge < -0.3 is 10.2 Å². The van der Waals surface area contributed by atoms with Gasteiger partial charge in [-0.25, -0.2) is 4.68 Å². The molecule has 1 aliphatic heterocycles. The molecule has 7 nitrogen and oxygen atoms in total. The number of nitrogens with one attached hydrogen (secondary N) is 1. The highest BCUT2D eigenvalue weighted by Crippen LogP contribution is 2.29. The zero-order chi connectivity index (χ0) is 19.2. The molecule has 0 radical (unpaired) electrons. The van der Waals surface area contributed by atoms with Crippen LogP contribution in [0.4, 0.5) is 0 Å². The summed E-state index contributed by atoms with van der Waals surface area (Å²) in [6.07, 6.45) is 4.31. The Morgan fingerprint density at radius 2 is 2.30 bits per heavy atom. The first-order chi connectivity index (χ1) is 13.1. The zero-order valence-corrected chi connectivity index (χ0v) is 17.0. The Balaban J connectivity index is 1.67. The van der Waals surface area contributed by atoms with Crippen LogP contribution in [0.15, 0.2) is 24.1 Å². The number of aryl methyl sites for hydroxylation is 1. The summed E-state index contributed by atoms with van der Waals surface area (Å²) in [5, 5.41) is 18.6. The average Bonchev–Trinajstić information content (AvgIpc) is 3.32.